The number of fused-ring (bicyclic) bond motifs is 1. The summed E-state index contributed by atoms with van der Waals surface area (Å²) in [6, 6.07) is 2.15. The SMILES string of the molecule is Cc1ccnc2sc(C(=O)N(CCO)C3CC3)c(N)c12. The number of hydrogen-bond acceptors (Lipinski definition) is 5. The number of rotatable bonds is 4. The number of anilines is 1. The van der Waals surface area contributed by atoms with E-state index in [4.69, 9.17) is 10.8 Å². The Morgan fingerprint density at radius 1 is 1.60 bits per heavy atom. The minimum absolute atomic E-state index is 0.0235. The van der Waals surface area contributed by atoms with Crippen LogP contribution in [0.2, 0.25) is 0 Å². The molecular formula is C14H17N3O2S. The number of carbonyl (C=O) groups excluding carboxylic acids is 1. The van der Waals surface area contributed by atoms with Gasteiger partial charge in [-0.3, -0.25) is 4.79 Å². The molecule has 20 heavy (non-hydrogen) atoms. The fourth-order valence-electron chi connectivity index (χ4n) is 2.44. The summed E-state index contributed by atoms with van der Waals surface area (Å²) in [5.74, 6) is -0.0820. The Morgan fingerprint density at radius 2 is 2.35 bits per heavy atom. The molecule has 2 aromatic heterocycles. The number of nitrogens with zero attached hydrogens (tertiary/aromatic N) is 2. The summed E-state index contributed by atoms with van der Waals surface area (Å²) in [5, 5.41) is 10.0. The van der Waals surface area contributed by atoms with Gasteiger partial charge in [-0.2, -0.15) is 0 Å². The Labute approximate surface area is 121 Å². The molecule has 5 nitrogen and oxygen atoms in total. The molecule has 0 unspecified atom stereocenters. The van der Waals surface area contributed by atoms with E-state index in [1.165, 1.54) is 11.3 Å². The molecule has 0 radical (unpaired) electrons. The first-order valence-electron chi connectivity index (χ1n) is 6.69. The number of amides is 1. The second-order valence-corrected chi connectivity index (χ2v) is 6.11. The number of carbonyl (C=O) groups is 1. The number of nitrogen functional groups attached to an aromatic ring is 1. The van der Waals surface area contributed by atoms with Gasteiger partial charge in [0, 0.05) is 24.2 Å². The molecule has 1 saturated carbocycles. The topological polar surface area (TPSA) is 79.5 Å². The first-order chi connectivity index (χ1) is 9.63. The number of thiophene rings is 1. The van der Waals surface area contributed by atoms with Crippen molar-refractivity contribution in [2.75, 3.05) is 18.9 Å². The Morgan fingerprint density at radius 3 is 2.95 bits per heavy atom. The molecule has 1 amide bonds. The first-order valence-corrected chi connectivity index (χ1v) is 7.50. The van der Waals surface area contributed by atoms with E-state index in [0.29, 0.717) is 17.1 Å². The molecule has 0 atom stereocenters. The lowest BCUT2D eigenvalue weighted by Crippen LogP contribution is -2.35. The van der Waals surface area contributed by atoms with Crippen molar-refractivity contribution in [1.82, 2.24) is 9.88 Å². The molecule has 6 heteroatoms. The van der Waals surface area contributed by atoms with Gasteiger partial charge in [-0.1, -0.05) is 0 Å². The van der Waals surface area contributed by atoms with Gasteiger partial charge in [-0.05, 0) is 31.4 Å². The zero-order valence-corrected chi connectivity index (χ0v) is 12.1. The van der Waals surface area contributed by atoms with Gasteiger partial charge in [0.05, 0.1) is 12.3 Å². The van der Waals surface area contributed by atoms with Crippen LogP contribution >= 0.6 is 11.3 Å². The summed E-state index contributed by atoms with van der Waals surface area (Å²) >= 11 is 1.34. The molecule has 0 aliphatic heterocycles. The monoisotopic (exact) mass is 291 g/mol. The summed E-state index contributed by atoms with van der Waals surface area (Å²) in [6.45, 7) is 2.31. The molecule has 0 saturated heterocycles. The molecule has 2 aromatic rings. The first kappa shape index (κ1) is 13.3. The highest BCUT2D eigenvalue weighted by Crippen LogP contribution is 2.37. The smallest absolute Gasteiger partial charge is 0.266 e. The van der Waals surface area contributed by atoms with Crippen LogP contribution in [0.5, 0.6) is 0 Å². The van der Waals surface area contributed by atoms with E-state index in [9.17, 15) is 4.79 Å². The van der Waals surface area contributed by atoms with Crippen molar-refractivity contribution < 1.29 is 9.90 Å². The Hall–Kier alpha value is -1.66. The van der Waals surface area contributed by atoms with E-state index in [1.54, 1.807) is 11.1 Å². The molecule has 1 aliphatic rings. The Bertz CT molecular complexity index is 664. The third-order valence-electron chi connectivity index (χ3n) is 3.62. The van der Waals surface area contributed by atoms with Crippen LogP contribution in [0.15, 0.2) is 12.3 Å². The van der Waals surface area contributed by atoms with Crippen molar-refractivity contribution in [3.63, 3.8) is 0 Å². The molecule has 1 aliphatic carbocycles. The molecule has 1 fully saturated rings. The van der Waals surface area contributed by atoms with Crippen molar-refractivity contribution in [2.24, 2.45) is 0 Å². The third kappa shape index (κ3) is 2.14. The lowest BCUT2D eigenvalue weighted by Gasteiger charge is -2.20. The minimum Gasteiger partial charge on any atom is -0.397 e. The zero-order valence-electron chi connectivity index (χ0n) is 11.3. The maximum Gasteiger partial charge on any atom is 0.266 e. The third-order valence-corrected chi connectivity index (χ3v) is 4.72. The number of aromatic nitrogens is 1. The number of hydrogen-bond donors (Lipinski definition) is 2. The molecule has 3 rings (SSSR count). The molecule has 3 N–H and O–H groups in total. The lowest BCUT2D eigenvalue weighted by atomic mass is 10.1. The fourth-order valence-corrected chi connectivity index (χ4v) is 3.53. The second-order valence-electron chi connectivity index (χ2n) is 5.11. The van der Waals surface area contributed by atoms with Crippen molar-refractivity contribution in [1.29, 1.82) is 0 Å². The van der Waals surface area contributed by atoms with Crippen molar-refractivity contribution in [3.05, 3.63) is 22.7 Å². The molecule has 2 heterocycles. The average Bonchev–Trinajstić information content (AvgIpc) is 3.20. The summed E-state index contributed by atoms with van der Waals surface area (Å²) in [7, 11) is 0. The van der Waals surface area contributed by atoms with Gasteiger partial charge in [-0.25, -0.2) is 4.98 Å². The van der Waals surface area contributed by atoms with Crippen LogP contribution in [0.1, 0.15) is 28.1 Å². The maximum absolute atomic E-state index is 12.6. The van der Waals surface area contributed by atoms with Gasteiger partial charge >= 0.3 is 0 Å². The van der Waals surface area contributed by atoms with Crippen LogP contribution in [0.25, 0.3) is 10.2 Å². The standard InChI is InChI=1S/C14H17N3O2S/c1-8-4-5-16-13-10(8)11(15)12(20-13)14(19)17(6-7-18)9-2-3-9/h4-5,9,18H,2-3,6-7,15H2,1H3. The number of nitrogens with two attached hydrogens (primary N) is 1. The van der Waals surface area contributed by atoms with Crippen LogP contribution < -0.4 is 5.73 Å². The van der Waals surface area contributed by atoms with E-state index in [2.05, 4.69) is 4.98 Å². The summed E-state index contributed by atoms with van der Waals surface area (Å²) < 4.78 is 0. The maximum atomic E-state index is 12.6. The van der Waals surface area contributed by atoms with E-state index in [-0.39, 0.29) is 18.6 Å². The van der Waals surface area contributed by atoms with Crippen molar-refractivity contribution in [2.45, 2.75) is 25.8 Å². The van der Waals surface area contributed by atoms with Crippen LogP contribution in [0, 0.1) is 6.92 Å². The largest absolute Gasteiger partial charge is 0.397 e. The Kier molecular flexibility index (Phi) is 3.35. The predicted molar refractivity (Wildman–Crippen MR) is 79.9 cm³/mol. The highest BCUT2D eigenvalue weighted by Gasteiger charge is 2.34. The molecule has 0 bridgehead atoms. The van der Waals surface area contributed by atoms with Gasteiger partial charge in [0.2, 0.25) is 0 Å². The fraction of sp³-hybridized carbons (Fsp3) is 0.429. The van der Waals surface area contributed by atoms with Crippen LogP contribution in [-0.2, 0) is 0 Å². The van der Waals surface area contributed by atoms with E-state index >= 15 is 0 Å². The van der Waals surface area contributed by atoms with Crippen LogP contribution in [0.4, 0.5) is 5.69 Å². The van der Waals surface area contributed by atoms with Crippen LogP contribution in [0.3, 0.4) is 0 Å². The number of aliphatic hydroxyl groups is 1. The predicted octanol–water partition coefficient (Wildman–Crippen LogP) is 1.78. The van der Waals surface area contributed by atoms with Gasteiger partial charge in [0.15, 0.2) is 0 Å². The van der Waals surface area contributed by atoms with E-state index in [0.717, 1.165) is 28.6 Å². The lowest BCUT2D eigenvalue weighted by molar-refractivity contribution is 0.0713. The summed E-state index contributed by atoms with van der Waals surface area (Å²) in [6.07, 6.45) is 3.75. The number of pyridine rings is 1. The van der Waals surface area contributed by atoms with E-state index < -0.39 is 0 Å². The molecular weight excluding hydrogens is 274 g/mol. The average molecular weight is 291 g/mol. The highest BCUT2D eigenvalue weighted by atomic mass is 32.1. The quantitative estimate of drug-likeness (QED) is 0.900. The second kappa shape index (κ2) is 5.03. The summed E-state index contributed by atoms with van der Waals surface area (Å²) in [4.78, 5) is 20.0. The molecule has 0 spiro atoms. The van der Waals surface area contributed by atoms with Crippen LogP contribution in [-0.4, -0.2) is 40.1 Å². The Balaban J connectivity index is 2.03. The normalized spacial score (nSPS) is 14.7. The minimum atomic E-state index is -0.0820. The van der Waals surface area contributed by atoms with Gasteiger partial charge in [0.25, 0.3) is 5.91 Å². The number of aryl methyl sites for hydroxylation is 1. The summed E-state index contributed by atoms with van der Waals surface area (Å²) in [5.41, 5.74) is 7.70. The zero-order chi connectivity index (χ0) is 14.3. The highest BCUT2D eigenvalue weighted by molar-refractivity contribution is 7.21. The van der Waals surface area contributed by atoms with Gasteiger partial charge < -0.3 is 15.7 Å². The van der Waals surface area contributed by atoms with E-state index in [1.807, 2.05) is 13.0 Å². The van der Waals surface area contributed by atoms with Crippen molar-refractivity contribution in [3.8, 4) is 0 Å². The molecule has 106 valence electrons. The molecule has 0 aromatic carbocycles. The van der Waals surface area contributed by atoms with Gasteiger partial charge in [0.1, 0.15) is 9.71 Å². The number of aliphatic hydroxyl groups excluding tert-OH is 1. The van der Waals surface area contributed by atoms with Crippen molar-refractivity contribution >= 4 is 33.1 Å². The van der Waals surface area contributed by atoms with Gasteiger partial charge in [-0.15, -0.1) is 11.3 Å².